The Morgan fingerprint density at radius 2 is 1.73 bits per heavy atom. The second kappa shape index (κ2) is 6.77. The molecule has 0 spiro atoms. The van der Waals surface area contributed by atoms with Crippen molar-refractivity contribution < 1.29 is 22.0 Å². The number of hydrogen-bond acceptors (Lipinski definition) is 3. The first kappa shape index (κ1) is 18.5. The molecule has 5 nitrogen and oxygen atoms in total. The number of nitrogens with zero attached hydrogens (tertiary/aromatic N) is 1. The van der Waals surface area contributed by atoms with Gasteiger partial charge < -0.3 is 4.90 Å². The molecule has 1 N–H and O–H groups in total. The van der Waals surface area contributed by atoms with Gasteiger partial charge in [-0.05, 0) is 61.7 Å². The summed E-state index contributed by atoms with van der Waals surface area (Å²) in [6, 6.07) is 6.79. The van der Waals surface area contributed by atoms with Crippen LogP contribution in [-0.2, 0) is 14.8 Å². The smallest absolute Gasteiger partial charge is 0.245 e. The van der Waals surface area contributed by atoms with E-state index in [0.717, 1.165) is 23.3 Å². The zero-order valence-corrected chi connectivity index (χ0v) is 15.1. The summed E-state index contributed by atoms with van der Waals surface area (Å²) in [5.41, 5.74) is 2.66. The Morgan fingerprint density at radius 1 is 1.08 bits per heavy atom. The number of anilines is 1. The number of benzene rings is 2. The molecule has 0 bridgehead atoms. The molecule has 1 fully saturated rings. The van der Waals surface area contributed by atoms with Gasteiger partial charge in [0.05, 0.1) is 0 Å². The number of nitrogens with one attached hydrogen (secondary N) is 1. The quantitative estimate of drug-likeness (QED) is 0.887. The minimum absolute atomic E-state index is 0.238. The van der Waals surface area contributed by atoms with Crippen LogP contribution >= 0.6 is 0 Å². The molecule has 1 atom stereocenters. The summed E-state index contributed by atoms with van der Waals surface area (Å²) in [4.78, 5) is 13.3. The molecule has 2 aromatic carbocycles. The molecule has 138 valence electrons. The molecule has 1 amide bonds. The molecule has 26 heavy (non-hydrogen) atoms. The van der Waals surface area contributed by atoms with Gasteiger partial charge in [0.2, 0.25) is 15.9 Å². The van der Waals surface area contributed by atoms with Crippen molar-refractivity contribution in [3.8, 4) is 0 Å². The van der Waals surface area contributed by atoms with Gasteiger partial charge in [-0.1, -0.05) is 6.07 Å². The summed E-state index contributed by atoms with van der Waals surface area (Å²) >= 11 is 0. The fraction of sp³-hybridized carbons (Fsp3) is 0.278. The van der Waals surface area contributed by atoms with Gasteiger partial charge >= 0.3 is 0 Å². The average molecular weight is 380 g/mol. The Balaban J connectivity index is 1.83. The average Bonchev–Trinajstić information content (AvgIpc) is 2.89. The fourth-order valence-electron chi connectivity index (χ4n) is 3.09. The van der Waals surface area contributed by atoms with Crippen molar-refractivity contribution >= 4 is 21.6 Å². The highest BCUT2D eigenvalue weighted by atomic mass is 32.2. The maximum atomic E-state index is 13.8. The third-order valence-electron chi connectivity index (χ3n) is 4.20. The normalized spacial score (nSPS) is 17.8. The van der Waals surface area contributed by atoms with Crippen LogP contribution in [0.15, 0.2) is 41.3 Å². The van der Waals surface area contributed by atoms with Crippen LogP contribution < -0.4 is 9.62 Å². The van der Waals surface area contributed by atoms with Crippen molar-refractivity contribution in [1.82, 2.24) is 4.72 Å². The number of sulfonamides is 1. The van der Waals surface area contributed by atoms with E-state index in [4.69, 9.17) is 0 Å². The lowest BCUT2D eigenvalue weighted by molar-refractivity contribution is -0.118. The number of halogens is 2. The number of carbonyl (C=O) groups excluding carboxylic acids is 1. The van der Waals surface area contributed by atoms with E-state index in [1.165, 1.54) is 4.90 Å². The topological polar surface area (TPSA) is 66.5 Å². The first-order chi connectivity index (χ1) is 12.2. The molecule has 0 aromatic heterocycles. The third kappa shape index (κ3) is 3.61. The lowest BCUT2D eigenvalue weighted by Crippen LogP contribution is -2.41. The van der Waals surface area contributed by atoms with Crippen molar-refractivity contribution in [3.63, 3.8) is 0 Å². The van der Waals surface area contributed by atoms with Gasteiger partial charge in [0.1, 0.15) is 22.6 Å². The molecular weight excluding hydrogens is 362 g/mol. The summed E-state index contributed by atoms with van der Waals surface area (Å²) in [7, 11) is -4.36. The van der Waals surface area contributed by atoms with E-state index in [1.807, 2.05) is 32.0 Å². The van der Waals surface area contributed by atoms with Crippen LogP contribution in [0.4, 0.5) is 14.5 Å². The zero-order valence-electron chi connectivity index (χ0n) is 14.3. The first-order valence-corrected chi connectivity index (χ1v) is 9.53. The molecule has 8 heteroatoms. The Kier molecular flexibility index (Phi) is 4.81. The molecular formula is C18H18F2N2O3S. The van der Waals surface area contributed by atoms with Crippen LogP contribution in [0, 0.1) is 25.5 Å². The van der Waals surface area contributed by atoms with Crippen LogP contribution in [0.2, 0.25) is 0 Å². The molecule has 0 radical (unpaired) electrons. The fourth-order valence-corrected chi connectivity index (χ4v) is 4.40. The minimum Gasteiger partial charge on any atom is -0.311 e. The first-order valence-electron chi connectivity index (χ1n) is 8.04. The van der Waals surface area contributed by atoms with E-state index in [0.29, 0.717) is 18.3 Å². The second-order valence-corrected chi connectivity index (χ2v) is 8.06. The lowest BCUT2D eigenvalue weighted by atomic mass is 10.1. The molecule has 1 heterocycles. The van der Waals surface area contributed by atoms with Gasteiger partial charge in [0.25, 0.3) is 0 Å². The van der Waals surface area contributed by atoms with Crippen molar-refractivity contribution in [1.29, 1.82) is 0 Å². The van der Waals surface area contributed by atoms with Gasteiger partial charge in [-0.2, -0.15) is 4.72 Å². The van der Waals surface area contributed by atoms with E-state index in [9.17, 15) is 22.0 Å². The number of hydrogen-bond donors (Lipinski definition) is 1. The molecule has 3 rings (SSSR count). The maximum absolute atomic E-state index is 13.8. The number of rotatable bonds is 4. The van der Waals surface area contributed by atoms with Crippen LogP contribution in [0.5, 0.6) is 0 Å². The Bertz CT molecular complexity index is 956. The summed E-state index contributed by atoms with van der Waals surface area (Å²) in [6.07, 6.45) is 0.238. The largest absolute Gasteiger partial charge is 0.311 e. The van der Waals surface area contributed by atoms with E-state index in [2.05, 4.69) is 4.72 Å². The van der Waals surface area contributed by atoms with Crippen LogP contribution in [-0.4, -0.2) is 26.9 Å². The number of carbonyl (C=O) groups is 1. The summed E-state index contributed by atoms with van der Waals surface area (Å²) in [5, 5.41) is 0. The van der Waals surface area contributed by atoms with E-state index < -0.39 is 38.5 Å². The van der Waals surface area contributed by atoms with Gasteiger partial charge in [-0.25, -0.2) is 17.2 Å². The van der Waals surface area contributed by atoms with Gasteiger partial charge in [-0.3, -0.25) is 4.79 Å². The second-order valence-electron chi connectivity index (χ2n) is 6.37. The van der Waals surface area contributed by atoms with Crippen molar-refractivity contribution in [3.05, 3.63) is 59.2 Å². The zero-order chi connectivity index (χ0) is 19.1. The van der Waals surface area contributed by atoms with Gasteiger partial charge in [0.15, 0.2) is 0 Å². The SMILES string of the molecule is Cc1cc(C)cc(N2CCC(NS(=O)(=O)c3cc(F)ccc3F)C2=O)c1. The van der Waals surface area contributed by atoms with Gasteiger partial charge in [0, 0.05) is 12.2 Å². The molecule has 0 aliphatic carbocycles. The van der Waals surface area contributed by atoms with E-state index in [1.54, 1.807) is 0 Å². The molecule has 1 saturated heterocycles. The predicted octanol–water partition coefficient (Wildman–Crippen LogP) is 2.67. The standard InChI is InChI=1S/C18H18F2N2O3S/c1-11-7-12(2)9-14(8-11)22-6-5-16(18(22)23)21-26(24,25)17-10-13(19)3-4-15(17)20/h3-4,7-10,16,21H,5-6H2,1-2H3. The number of aryl methyl sites for hydroxylation is 2. The van der Waals surface area contributed by atoms with Crippen molar-refractivity contribution in [2.24, 2.45) is 0 Å². The Hall–Kier alpha value is -2.32. The summed E-state index contributed by atoms with van der Waals surface area (Å²) in [6.45, 7) is 4.15. The van der Waals surface area contributed by atoms with Crippen molar-refractivity contribution in [2.75, 3.05) is 11.4 Å². The number of amides is 1. The third-order valence-corrected chi connectivity index (χ3v) is 5.69. The minimum atomic E-state index is -4.36. The predicted molar refractivity (Wildman–Crippen MR) is 93.4 cm³/mol. The maximum Gasteiger partial charge on any atom is 0.245 e. The lowest BCUT2D eigenvalue weighted by Gasteiger charge is -2.18. The van der Waals surface area contributed by atoms with Crippen molar-refractivity contribution in [2.45, 2.75) is 31.2 Å². The molecule has 2 aromatic rings. The molecule has 1 aliphatic rings. The van der Waals surface area contributed by atoms with Gasteiger partial charge in [-0.15, -0.1) is 0 Å². The molecule has 1 unspecified atom stereocenters. The van der Waals surface area contributed by atoms with Crippen LogP contribution in [0.1, 0.15) is 17.5 Å². The highest BCUT2D eigenvalue weighted by molar-refractivity contribution is 7.89. The van der Waals surface area contributed by atoms with E-state index in [-0.39, 0.29) is 6.42 Å². The Morgan fingerprint density at radius 3 is 2.38 bits per heavy atom. The molecule has 1 aliphatic heterocycles. The highest BCUT2D eigenvalue weighted by Crippen LogP contribution is 2.25. The highest BCUT2D eigenvalue weighted by Gasteiger charge is 2.36. The molecule has 0 saturated carbocycles. The van der Waals surface area contributed by atoms with E-state index >= 15 is 0 Å². The van der Waals surface area contributed by atoms with Crippen LogP contribution in [0.25, 0.3) is 0 Å². The summed E-state index contributed by atoms with van der Waals surface area (Å²) in [5.74, 6) is -2.37. The summed E-state index contributed by atoms with van der Waals surface area (Å²) < 4.78 is 54.0. The van der Waals surface area contributed by atoms with Crippen LogP contribution in [0.3, 0.4) is 0 Å². The monoisotopic (exact) mass is 380 g/mol. The Labute approximate surface area is 150 Å².